The fraction of sp³-hybridized carbons (Fsp3) is 0.750. The van der Waals surface area contributed by atoms with E-state index in [0.717, 1.165) is 31.3 Å². The third kappa shape index (κ3) is 2.95. The summed E-state index contributed by atoms with van der Waals surface area (Å²) < 4.78 is 0. The van der Waals surface area contributed by atoms with Gasteiger partial charge in [-0.1, -0.05) is 31.6 Å². The van der Waals surface area contributed by atoms with Crippen LogP contribution in [0, 0.1) is 22.7 Å². The summed E-state index contributed by atoms with van der Waals surface area (Å²) in [4.78, 5) is 12.0. The van der Waals surface area contributed by atoms with Crippen molar-refractivity contribution in [3.8, 4) is 0 Å². The molecule has 0 bridgehead atoms. The van der Waals surface area contributed by atoms with E-state index in [9.17, 15) is 20.1 Å². The summed E-state index contributed by atoms with van der Waals surface area (Å²) in [5.41, 5.74) is -1.21. The molecule has 4 nitrogen and oxygen atoms in total. The maximum atomic E-state index is 12.0. The maximum absolute atomic E-state index is 12.0. The van der Waals surface area contributed by atoms with Crippen molar-refractivity contribution in [3.63, 3.8) is 0 Å². The summed E-state index contributed by atoms with van der Waals surface area (Å²) >= 11 is 0. The Hall–Kier alpha value is -1.13. The van der Waals surface area contributed by atoms with E-state index >= 15 is 0 Å². The van der Waals surface area contributed by atoms with E-state index in [0.29, 0.717) is 12.8 Å². The van der Waals surface area contributed by atoms with Gasteiger partial charge in [-0.3, -0.25) is 4.79 Å². The number of aliphatic carboxylic acids is 1. The fourth-order valence-corrected chi connectivity index (χ4v) is 5.24. The Kier molecular flexibility index (Phi) is 5.04. The van der Waals surface area contributed by atoms with Gasteiger partial charge in [0.15, 0.2) is 0 Å². The first-order chi connectivity index (χ1) is 11.0. The fourth-order valence-electron chi connectivity index (χ4n) is 5.24. The normalized spacial score (nSPS) is 40.3. The predicted octanol–water partition coefficient (Wildman–Crippen LogP) is 3.54. The lowest BCUT2D eigenvalue weighted by molar-refractivity contribution is -0.165. The number of aliphatic hydroxyl groups excluding tert-OH is 1. The largest absolute Gasteiger partial charge is 0.481 e. The van der Waals surface area contributed by atoms with Crippen LogP contribution in [0.4, 0.5) is 0 Å². The Morgan fingerprint density at radius 3 is 2.62 bits per heavy atom. The molecule has 0 amide bonds. The van der Waals surface area contributed by atoms with Crippen molar-refractivity contribution in [1.82, 2.24) is 0 Å². The van der Waals surface area contributed by atoms with Gasteiger partial charge in [0, 0.05) is 0 Å². The first-order valence-corrected chi connectivity index (χ1v) is 8.94. The Morgan fingerprint density at radius 1 is 1.46 bits per heavy atom. The van der Waals surface area contributed by atoms with E-state index in [-0.39, 0.29) is 17.3 Å². The number of carbonyl (C=O) groups is 1. The SMILES string of the molecule is C=C[C@](C)(O)[C@H](O)C[C@H]1C(=C)CC[C@@H]2[C@]1(C)CCC[C@]2(C)C(=O)O. The number of aliphatic hydroxyl groups is 2. The lowest BCUT2D eigenvalue weighted by Crippen LogP contribution is -2.54. The minimum absolute atomic E-state index is 0.0108. The van der Waals surface area contributed by atoms with Gasteiger partial charge in [-0.2, -0.15) is 0 Å². The van der Waals surface area contributed by atoms with Gasteiger partial charge in [0.1, 0.15) is 5.60 Å². The molecule has 0 saturated heterocycles. The molecule has 2 saturated carbocycles. The van der Waals surface area contributed by atoms with Crippen LogP contribution < -0.4 is 0 Å². The average molecular weight is 336 g/mol. The second-order valence-corrected chi connectivity index (χ2v) is 8.57. The van der Waals surface area contributed by atoms with Crippen LogP contribution in [0.15, 0.2) is 24.8 Å². The van der Waals surface area contributed by atoms with E-state index in [1.54, 1.807) is 6.92 Å². The first kappa shape index (κ1) is 19.2. The highest BCUT2D eigenvalue weighted by atomic mass is 16.4. The molecule has 0 unspecified atom stereocenters. The molecule has 0 spiro atoms. The summed E-state index contributed by atoms with van der Waals surface area (Å²) in [5.74, 6) is -0.646. The molecule has 0 radical (unpaired) electrons. The molecule has 2 fully saturated rings. The van der Waals surface area contributed by atoms with Crippen LogP contribution in [0.1, 0.15) is 59.3 Å². The minimum Gasteiger partial charge on any atom is -0.481 e. The number of rotatable bonds is 5. The molecular weight excluding hydrogens is 304 g/mol. The molecule has 0 aromatic heterocycles. The van der Waals surface area contributed by atoms with Crippen molar-refractivity contribution in [3.05, 3.63) is 24.8 Å². The summed E-state index contributed by atoms with van der Waals surface area (Å²) in [7, 11) is 0. The van der Waals surface area contributed by atoms with Crippen LogP contribution in [-0.4, -0.2) is 33.0 Å². The smallest absolute Gasteiger partial charge is 0.309 e. The molecule has 0 aromatic carbocycles. The number of allylic oxidation sites excluding steroid dienone is 1. The molecule has 6 atom stereocenters. The van der Waals surface area contributed by atoms with Crippen LogP contribution >= 0.6 is 0 Å². The third-order valence-corrected chi connectivity index (χ3v) is 7.06. The van der Waals surface area contributed by atoms with E-state index in [4.69, 9.17) is 0 Å². The zero-order valence-corrected chi connectivity index (χ0v) is 15.2. The molecule has 0 heterocycles. The lowest BCUT2D eigenvalue weighted by Gasteiger charge is -2.57. The monoisotopic (exact) mass is 336 g/mol. The number of carboxylic acid groups (broad SMARTS) is 1. The van der Waals surface area contributed by atoms with Crippen molar-refractivity contribution >= 4 is 5.97 Å². The number of hydrogen-bond donors (Lipinski definition) is 3. The van der Waals surface area contributed by atoms with Gasteiger partial charge in [0.25, 0.3) is 0 Å². The molecule has 2 aliphatic rings. The van der Waals surface area contributed by atoms with Gasteiger partial charge < -0.3 is 15.3 Å². The number of carboxylic acids is 1. The Morgan fingerprint density at radius 2 is 2.08 bits per heavy atom. The Bertz CT molecular complexity index is 538. The lowest BCUT2D eigenvalue weighted by atomic mass is 9.46. The molecule has 2 rings (SSSR count). The average Bonchev–Trinajstić information content (AvgIpc) is 2.50. The highest BCUT2D eigenvalue weighted by molar-refractivity contribution is 5.75. The minimum atomic E-state index is -1.35. The zero-order valence-electron chi connectivity index (χ0n) is 15.2. The highest BCUT2D eigenvalue weighted by Gasteiger charge is 2.57. The van der Waals surface area contributed by atoms with Crippen LogP contribution in [0.25, 0.3) is 0 Å². The van der Waals surface area contributed by atoms with E-state index in [1.165, 1.54) is 6.08 Å². The van der Waals surface area contributed by atoms with Crippen molar-refractivity contribution in [2.45, 2.75) is 71.0 Å². The van der Waals surface area contributed by atoms with Crippen LogP contribution in [-0.2, 0) is 4.79 Å². The van der Waals surface area contributed by atoms with Gasteiger partial charge in [-0.15, -0.1) is 6.58 Å². The maximum Gasteiger partial charge on any atom is 0.309 e. The third-order valence-electron chi connectivity index (χ3n) is 7.06. The molecule has 0 aromatic rings. The van der Waals surface area contributed by atoms with Crippen molar-refractivity contribution in [2.24, 2.45) is 22.7 Å². The molecule has 2 aliphatic carbocycles. The molecule has 4 heteroatoms. The summed E-state index contributed by atoms with van der Waals surface area (Å²) in [6.45, 7) is 13.4. The Balaban J connectivity index is 2.35. The van der Waals surface area contributed by atoms with Gasteiger partial charge in [-0.05, 0) is 63.2 Å². The predicted molar refractivity (Wildman–Crippen MR) is 94.5 cm³/mol. The van der Waals surface area contributed by atoms with Crippen molar-refractivity contribution in [2.75, 3.05) is 0 Å². The number of hydrogen-bond acceptors (Lipinski definition) is 3. The van der Waals surface area contributed by atoms with Crippen LogP contribution in [0.2, 0.25) is 0 Å². The van der Waals surface area contributed by atoms with Crippen molar-refractivity contribution in [1.29, 1.82) is 0 Å². The van der Waals surface area contributed by atoms with Gasteiger partial charge >= 0.3 is 5.97 Å². The molecule has 0 aliphatic heterocycles. The van der Waals surface area contributed by atoms with Crippen LogP contribution in [0.5, 0.6) is 0 Å². The molecule has 3 N–H and O–H groups in total. The quantitative estimate of drug-likeness (QED) is 0.671. The summed E-state index contributed by atoms with van der Waals surface area (Å²) in [5, 5.41) is 30.6. The van der Waals surface area contributed by atoms with Crippen molar-refractivity contribution < 1.29 is 20.1 Å². The Labute approximate surface area is 145 Å². The topological polar surface area (TPSA) is 77.8 Å². The summed E-state index contributed by atoms with van der Waals surface area (Å²) in [6, 6.07) is 0. The van der Waals surface area contributed by atoms with Gasteiger partial charge in [0.2, 0.25) is 0 Å². The van der Waals surface area contributed by atoms with E-state index in [1.807, 2.05) is 6.92 Å². The second kappa shape index (κ2) is 6.30. The first-order valence-electron chi connectivity index (χ1n) is 8.94. The standard InChI is InChI=1S/C20H32O4/c1-6-20(5,24)16(21)12-14-13(2)8-9-15-18(14,3)10-7-11-19(15,4)17(22)23/h6,14-16,21,24H,1-2,7-12H2,3-5H3,(H,22,23)/t14-,15+,16+,18+,19-,20-/m0/s1. The number of fused-ring (bicyclic) bond motifs is 1. The molecular formula is C20H32O4. The molecule has 24 heavy (non-hydrogen) atoms. The van der Waals surface area contributed by atoms with Gasteiger partial charge in [0.05, 0.1) is 11.5 Å². The highest BCUT2D eigenvalue weighted by Crippen LogP contribution is 2.62. The van der Waals surface area contributed by atoms with Crippen LogP contribution in [0.3, 0.4) is 0 Å². The van der Waals surface area contributed by atoms with Gasteiger partial charge in [-0.25, -0.2) is 0 Å². The molecule has 136 valence electrons. The van der Waals surface area contributed by atoms with E-state index < -0.39 is 23.1 Å². The zero-order chi connectivity index (χ0) is 18.3. The second-order valence-electron chi connectivity index (χ2n) is 8.57. The summed E-state index contributed by atoms with van der Waals surface area (Å²) in [6.07, 6.45) is 4.95. The van der Waals surface area contributed by atoms with E-state index in [2.05, 4.69) is 20.1 Å².